The van der Waals surface area contributed by atoms with Crippen LogP contribution >= 0.6 is 0 Å². The van der Waals surface area contributed by atoms with Gasteiger partial charge in [0.15, 0.2) is 0 Å². The van der Waals surface area contributed by atoms with Gasteiger partial charge in [-0.1, -0.05) is 13.8 Å². The lowest BCUT2D eigenvalue weighted by Gasteiger charge is -2.19. The number of carbonyl (C=O) groups excluding carboxylic acids is 1. The number of nitrogens with one attached hydrogen (secondary N) is 1. The lowest BCUT2D eigenvalue weighted by molar-refractivity contribution is -0.146. The second-order valence-electron chi connectivity index (χ2n) is 7.19. The Morgan fingerprint density at radius 3 is 2.43 bits per heavy atom. The van der Waals surface area contributed by atoms with Crippen molar-refractivity contribution in [1.82, 2.24) is 15.1 Å². The van der Waals surface area contributed by atoms with Crippen LogP contribution in [0.2, 0.25) is 0 Å². The minimum Gasteiger partial charge on any atom is -0.481 e. The molecule has 0 saturated heterocycles. The van der Waals surface area contributed by atoms with Crippen LogP contribution in [0.3, 0.4) is 0 Å². The third-order valence-electron chi connectivity index (χ3n) is 3.98. The maximum absolute atomic E-state index is 12.0. The van der Waals surface area contributed by atoms with E-state index in [-0.39, 0.29) is 12.5 Å². The molecule has 0 fully saturated rings. The van der Waals surface area contributed by atoms with Crippen LogP contribution in [0.25, 0.3) is 0 Å². The van der Waals surface area contributed by atoms with Crippen LogP contribution < -0.4 is 5.32 Å². The molecule has 0 aliphatic heterocycles. The van der Waals surface area contributed by atoms with Crippen molar-refractivity contribution in [2.24, 2.45) is 11.3 Å². The second-order valence-corrected chi connectivity index (χ2v) is 7.19. The number of aryl methyl sites for hydroxylation is 1. The fraction of sp³-hybridized carbons (Fsp3) is 0.706. The van der Waals surface area contributed by atoms with E-state index in [1.807, 2.05) is 18.5 Å². The number of carbonyl (C=O) groups is 2. The largest absolute Gasteiger partial charge is 0.481 e. The fourth-order valence-electron chi connectivity index (χ4n) is 2.34. The molecule has 23 heavy (non-hydrogen) atoms. The summed E-state index contributed by atoms with van der Waals surface area (Å²) >= 11 is 0. The third kappa shape index (κ3) is 5.37. The summed E-state index contributed by atoms with van der Waals surface area (Å²) in [6.07, 6.45) is 0.958. The monoisotopic (exact) mass is 323 g/mol. The summed E-state index contributed by atoms with van der Waals surface area (Å²) in [5, 5.41) is 16.3. The Balaban J connectivity index is 2.60. The Bertz CT molecular complexity index is 574. The molecule has 2 N–H and O–H groups in total. The average molecular weight is 323 g/mol. The first-order chi connectivity index (χ1) is 10.5. The van der Waals surface area contributed by atoms with Gasteiger partial charge < -0.3 is 10.4 Å². The molecule has 130 valence electrons. The molecule has 1 aromatic heterocycles. The SMILES string of the molecule is Cc1nn(CC(C)C)c(C)c1CCC(=O)NCC(C)(C)C(=O)O. The van der Waals surface area contributed by atoms with Gasteiger partial charge in [0.1, 0.15) is 0 Å². The predicted octanol–water partition coefficient (Wildman–Crippen LogP) is 2.32. The summed E-state index contributed by atoms with van der Waals surface area (Å²) in [5.74, 6) is -0.531. The van der Waals surface area contributed by atoms with Gasteiger partial charge in [0.25, 0.3) is 0 Å². The zero-order chi connectivity index (χ0) is 17.8. The molecule has 0 aromatic carbocycles. The smallest absolute Gasteiger partial charge is 0.310 e. The Morgan fingerprint density at radius 2 is 1.91 bits per heavy atom. The van der Waals surface area contributed by atoms with Crippen LogP contribution in [-0.4, -0.2) is 33.3 Å². The van der Waals surface area contributed by atoms with Crippen molar-refractivity contribution in [1.29, 1.82) is 0 Å². The van der Waals surface area contributed by atoms with Crippen molar-refractivity contribution < 1.29 is 14.7 Å². The highest BCUT2D eigenvalue weighted by molar-refractivity contribution is 5.78. The molecule has 0 radical (unpaired) electrons. The lowest BCUT2D eigenvalue weighted by Crippen LogP contribution is -2.38. The van der Waals surface area contributed by atoms with E-state index in [1.54, 1.807) is 13.8 Å². The normalized spacial score (nSPS) is 11.8. The average Bonchev–Trinajstić information content (AvgIpc) is 2.68. The second kappa shape index (κ2) is 7.62. The number of carboxylic acid groups (broad SMARTS) is 1. The van der Waals surface area contributed by atoms with Crippen LogP contribution in [0.4, 0.5) is 0 Å². The standard InChI is InChI=1S/C17H29N3O3/c1-11(2)9-20-13(4)14(12(3)19-20)7-8-15(21)18-10-17(5,6)16(22)23/h11H,7-10H2,1-6H3,(H,18,21)(H,22,23). The van der Waals surface area contributed by atoms with Gasteiger partial charge in [-0.25, -0.2) is 0 Å². The summed E-state index contributed by atoms with van der Waals surface area (Å²) < 4.78 is 2.00. The van der Waals surface area contributed by atoms with E-state index in [2.05, 4.69) is 24.3 Å². The molecular weight excluding hydrogens is 294 g/mol. The Kier molecular flexibility index (Phi) is 6.36. The Labute approximate surface area is 138 Å². The van der Waals surface area contributed by atoms with E-state index < -0.39 is 11.4 Å². The molecule has 0 saturated carbocycles. The van der Waals surface area contributed by atoms with Crippen molar-refractivity contribution in [2.45, 2.75) is 60.9 Å². The quantitative estimate of drug-likeness (QED) is 0.769. The third-order valence-corrected chi connectivity index (χ3v) is 3.98. The summed E-state index contributed by atoms with van der Waals surface area (Å²) in [6.45, 7) is 12.5. The fourth-order valence-corrected chi connectivity index (χ4v) is 2.34. The molecule has 1 heterocycles. The van der Waals surface area contributed by atoms with Gasteiger partial charge in [0.2, 0.25) is 5.91 Å². The van der Waals surface area contributed by atoms with Gasteiger partial charge in [-0.05, 0) is 45.6 Å². The van der Waals surface area contributed by atoms with E-state index in [9.17, 15) is 9.59 Å². The van der Waals surface area contributed by atoms with Gasteiger partial charge in [-0.3, -0.25) is 14.3 Å². The zero-order valence-corrected chi connectivity index (χ0v) is 15.1. The van der Waals surface area contributed by atoms with Gasteiger partial charge in [0.05, 0.1) is 11.1 Å². The lowest BCUT2D eigenvalue weighted by atomic mass is 9.94. The van der Waals surface area contributed by atoms with Crippen molar-refractivity contribution in [3.63, 3.8) is 0 Å². The molecule has 1 aromatic rings. The number of nitrogens with zero attached hydrogens (tertiary/aromatic N) is 2. The number of carboxylic acids is 1. The molecule has 0 aliphatic carbocycles. The molecule has 6 nitrogen and oxygen atoms in total. The highest BCUT2D eigenvalue weighted by atomic mass is 16.4. The summed E-state index contributed by atoms with van der Waals surface area (Å²) in [7, 11) is 0. The van der Waals surface area contributed by atoms with Crippen molar-refractivity contribution >= 4 is 11.9 Å². The van der Waals surface area contributed by atoms with E-state index in [4.69, 9.17) is 5.11 Å². The molecule has 0 aliphatic rings. The summed E-state index contributed by atoms with van der Waals surface area (Å²) in [5.41, 5.74) is 2.22. The van der Waals surface area contributed by atoms with E-state index in [1.165, 1.54) is 0 Å². The van der Waals surface area contributed by atoms with Gasteiger partial charge in [-0.2, -0.15) is 5.10 Å². The first kappa shape index (κ1) is 19.2. The van der Waals surface area contributed by atoms with Gasteiger partial charge in [0, 0.05) is 25.2 Å². The van der Waals surface area contributed by atoms with E-state index >= 15 is 0 Å². The highest BCUT2D eigenvalue weighted by Gasteiger charge is 2.27. The summed E-state index contributed by atoms with van der Waals surface area (Å²) in [4.78, 5) is 23.0. The van der Waals surface area contributed by atoms with Crippen LogP contribution in [-0.2, 0) is 22.6 Å². The summed E-state index contributed by atoms with van der Waals surface area (Å²) in [6, 6.07) is 0. The number of rotatable bonds is 8. The topological polar surface area (TPSA) is 84.2 Å². The van der Waals surface area contributed by atoms with Crippen molar-refractivity contribution in [2.75, 3.05) is 6.54 Å². The minimum atomic E-state index is -0.955. The molecule has 1 amide bonds. The van der Waals surface area contributed by atoms with Crippen LogP contribution in [0.5, 0.6) is 0 Å². The predicted molar refractivity (Wildman–Crippen MR) is 89.3 cm³/mol. The van der Waals surface area contributed by atoms with Gasteiger partial charge >= 0.3 is 5.97 Å². The molecule has 0 unspecified atom stereocenters. The molecule has 0 atom stereocenters. The minimum absolute atomic E-state index is 0.130. The Hall–Kier alpha value is -1.85. The first-order valence-electron chi connectivity index (χ1n) is 8.07. The highest BCUT2D eigenvalue weighted by Crippen LogP contribution is 2.17. The number of aromatic nitrogens is 2. The van der Waals surface area contributed by atoms with Crippen molar-refractivity contribution in [3.05, 3.63) is 17.0 Å². The van der Waals surface area contributed by atoms with Crippen LogP contribution in [0.1, 0.15) is 51.1 Å². The maximum Gasteiger partial charge on any atom is 0.310 e. The number of hydrogen-bond donors (Lipinski definition) is 2. The number of amides is 1. The van der Waals surface area contributed by atoms with E-state index in [0.29, 0.717) is 18.8 Å². The first-order valence-corrected chi connectivity index (χ1v) is 8.07. The Morgan fingerprint density at radius 1 is 1.30 bits per heavy atom. The van der Waals surface area contributed by atoms with Crippen LogP contribution in [0.15, 0.2) is 0 Å². The zero-order valence-electron chi connectivity index (χ0n) is 15.1. The van der Waals surface area contributed by atoms with E-state index in [0.717, 1.165) is 23.5 Å². The molecular formula is C17H29N3O3. The number of hydrogen-bond acceptors (Lipinski definition) is 3. The maximum atomic E-state index is 12.0. The van der Waals surface area contributed by atoms with Crippen molar-refractivity contribution in [3.8, 4) is 0 Å². The molecule has 0 bridgehead atoms. The molecule has 0 spiro atoms. The molecule has 6 heteroatoms. The molecule has 1 rings (SSSR count). The van der Waals surface area contributed by atoms with Crippen LogP contribution in [0, 0.1) is 25.2 Å². The number of aliphatic carboxylic acids is 1. The van der Waals surface area contributed by atoms with Gasteiger partial charge in [-0.15, -0.1) is 0 Å².